The third-order valence-corrected chi connectivity index (χ3v) is 8.93. The number of nitrogens with zero attached hydrogens (tertiary/aromatic N) is 5. The normalized spacial score (nSPS) is 12.9. The van der Waals surface area contributed by atoms with Crippen LogP contribution in [-0.4, -0.2) is 24.3 Å². The minimum atomic E-state index is -4.38. The molecule has 44 heavy (non-hydrogen) atoms. The zero-order valence-corrected chi connectivity index (χ0v) is 24.9. The summed E-state index contributed by atoms with van der Waals surface area (Å²) in [6.45, 7) is 0.750. The molecule has 0 bridgehead atoms. The van der Waals surface area contributed by atoms with Crippen molar-refractivity contribution in [3.05, 3.63) is 129 Å². The third-order valence-electron chi connectivity index (χ3n) is 7.65. The molecule has 6 nitrogen and oxygen atoms in total. The minimum absolute atomic E-state index is 0.142. The summed E-state index contributed by atoms with van der Waals surface area (Å²) in [6.07, 6.45) is -2.09. The highest BCUT2D eigenvalue weighted by Crippen LogP contribution is 2.31. The van der Waals surface area contributed by atoms with Crippen LogP contribution in [0, 0.1) is 5.82 Å². The summed E-state index contributed by atoms with van der Waals surface area (Å²) < 4.78 is 56.3. The molecule has 0 radical (unpaired) electrons. The van der Waals surface area contributed by atoms with Crippen LogP contribution in [0.2, 0.25) is 0 Å². The predicted octanol–water partition coefficient (Wildman–Crippen LogP) is 7.28. The van der Waals surface area contributed by atoms with Crippen LogP contribution in [0.3, 0.4) is 0 Å². The number of aromatic nitrogens is 5. The number of halogens is 5. The van der Waals surface area contributed by atoms with Gasteiger partial charge >= 0.3 is 6.18 Å². The van der Waals surface area contributed by atoms with E-state index in [9.17, 15) is 22.4 Å². The number of thioether (sulfide) groups is 1. The second-order valence-electron chi connectivity index (χ2n) is 10.5. The molecule has 0 saturated heterocycles. The van der Waals surface area contributed by atoms with Crippen LogP contribution < -0.4 is 5.56 Å². The maximum absolute atomic E-state index is 13.4. The Balaban J connectivity index is 1.26. The summed E-state index contributed by atoms with van der Waals surface area (Å²) in [7, 11) is 0. The van der Waals surface area contributed by atoms with Crippen LogP contribution in [0.5, 0.6) is 0 Å². The lowest BCUT2D eigenvalue weighted by Gasteiger charge is -2.18. The summed E-state index contributed by atoms with van der Waals surface area (Å²) in [5.41, 5.74) is 4.07. The van der Waals surface area contributed by atoms with Crippen molar-refractivity contribution in [1.29, 1.82) is 0 Å². The number of benzene rings is 3. The largest absolute Gasteiger partial charge is 0.416 e. The average Bonchev–Trinajstić information content (AvgIpc) is 3.66. The highest BCUT2D eigenvalue weighted by Gasteiger charge is 2.30. The summed E-state index contributed by atoms with van der Waals surface area (Å²) in [6, 6.07) is 18.9. The lowest BCUT2D eigenvalue weighted by molar-refractivity contribution is -0.137. The maximum Gasteiger partial charge on any atom is 0.416 e. The number of fused-ring (bicyclic) bond motifs is 1. The SMILES string of the molecule is O=c1nc(SCc2ccc(F)cc2)n(Cc2nnc(CCl)n2Cc2ccc(-c3ccc(C(F)(F)F)cc3)cc2)c2c1CCC2. The monoisotopic (exact) mass is 639 g/mol. The molecule has 6 rings (SSSR count). The van der Waals surface area contributed by atoms with Crippen molar-refractivity contribution in [1.82, 2.24) is 24.3 Å². The van der Waals surface area contributed by atoms with Crippen LogP contribution >= 0.6 is 23.4 Å². The Labute approximate surface area is 259 Å². The molecule has 0 aliphatic heterocycles. The van der Waals surface area contributed by atoms with E-state index in [1.54, 1.807) is 12.1 Å². The molecule has 1 aliphatic rings. The third kappa shape index (κ3) is 6.44. The average molecular weight is 640 g/mol. The molecule has 0 fully saturated rings. The first-order valence-corrected chi connectivity index (χ1v) is 15.4. The molecule has 0 N–H and O–H groups in total. The number of hydrogen-bond donors (Lipinski definition) is 0. The lowest BCUT2D eigenvalue weighted by atomic mass is 10.0. The fourth-order valence-corrected chi connectivity index (χ4v) is 6.50. The molecule has 0 saturated carbocycles. The standard InChI is InChI=1S/C32H26ClF4N5OS/c33-16-28-39-40-29(42(28)17-20-4-8-22(9-5-20)23-10-12-24(13-11-23)32(35,36)37)18-41-27-3-1-2-26(27)30(43)38-31(41)44-19-21-6-14-25(34)15-7-21/h4-15H,1-3,16-19H2. The van der Waals surface area contributed by atoms with Crippen LogP contribution in [0.25, 0.3) is 11.1 Å². The molecule has 1 aliphatic carbocycles. The first kappa shape index (κ1) is 30.1. The summed E-state index contributed by atoms with van der Waals surface area (Å²) in [5, 5.41) is 9.32. The summed E-state index contributed by atoms with van der Waals surface area (Å²) >= 11 is 7.66. The highest BCUT2D eigenvalue weighted by molar-refractivity contribution is 7.98. The quantitative estimate of drug-likeness (QED) is 0.0734. The number of alkyl halides is 4. The van der Waals surface area contributed by atoms with Gasteiger partial charge in [-0.25, -0.2) is 4.39 Å². The molecule has 2 heterocycles. The van der Waals surface area contributed by atoms with Gasteiger partial charge in [0.25, 0.3) is 5.56 Å². The van der Waals surface area contributed by atoms with Gasteiger partial charge in [-0.3, -0.25) is 4.79 Å². The smallest absolute Gasteiger partial charge is 0.316 e. The molecule has 226 valence electrons. The van der Waals surface area contributed by atoms with E-state index in [1.165, 1.54) is 36.0 Å². The molecule has 0 amide bonds. The van der Waals surface area contributed by atoms with Crippen LogP contribution in [0.1, 0.15) is 46.0 Å². The Morgan fingerprint density at radius 3 is 2.09 bits per heavy atom. The van der Waals surface area contributed by atoms with Gasteiger partial charge in [0.05, 0.1) is 24.5 Å². The van der Waals surface area contributed by atoms with Crippen LogP contribution in [-0.2, 0) is 43.7 Å². The van der Waals surface area contributed by atoms with E-state index in [2.05, 4.69) is 15.2 Å². The van der Waals surface area contributed by atoms with Crippen molar-refractivity contribution in [2.45, 2.75) is 55.3 Å². The highest BCUT2D eigenvalue weighted by atomic mass is 35.5. The zero-order valence-electron chi connectivity index (χ0n) is 23.3. The second-order valence-corrected chi connectivity index (χ2v) is 11.7. The van der Waals surface area contributed by atoms with Crippen LogP contribution in [0.15, 0.2) is 82.7 Å². The van der Waals surface area contributed by atoms with E-state index >= 15 is 0 Å². The van der Waals surface area contributed by atoms with Gasteiger partial charge in [0, 0.05) is 17.0 Å². The Kier molecular flexibility index (Phi) is 8.59. The van der Waals surface area contributed by atoms with Crippen molar-refractivity contribution < 1.29 is 17.6 Å². The lowest BCUT2D eigenvalue weighted by Crippen LogP contribution is -2.23. The molecule has 12 heteroatoms. The van der Waals surface area contributed by atoms with E-state index < -0.39 is 11.7 Å². The molecular weight excluding hydrogens is 614 g/mol. The van der Waals surface area contributed by atoms with Crippen LogP contribution in [0.4, 0.5) is 17.6 Å². The summed E-state index contributed by atoms with van der Waals surface area (Å²) in [5.74, 6) is 1.57. The van der Waals surface area contributed by atoms with E-state index in [0.29, 0.717) is 47.6 Å². The van der Waals surface area contributed by atoms with Crippen molar-refractivity contribution >= 4 is 23.4 Å². The molecule has 0 unspecified atom stereocenters. The van der Waals surface area contributed by atoms with Gasteiger partial charge in [-0.2, -0.15) is 18.2 Å². The molecule has 0 atom stereocenters. The summed E-state index contributed by atoms with van der Waals surface area (Å²) in [4.78, 5) is 17.3. The van der Waals surface area contributed by atoms with Gasteiger partial charge in [0.1, 0.15) is 11.6 Å². The number of rotatable bonds is 9. The van der Waals surface area contributed by atoms with Gasteiger partial charge in [-0.15, -0.1) is 21.8 Å². The molecular formula is C32H26ClF4N5OS. The molecule has 5 aromatic rings. The first-order chi connectivity index (χ1) is 21.2. The van der Waals surface area contributed by atoms with E-state index in [-0.39, 0.29) is 17.3 Å². The molecule has 3 aromatic carbocycles. The van der Waals surface area contributed by atoms with E-state index in [1.807, 2.05) is 33.4 Å². The van der Waals surface area contributed by atoms with E-state index in [4.69, 9.17) is 11.6 Å². The Morgan fingerprint density at radius 2 is 1.43 bits per heavy atom. The van der Waals surface area contributed by atoms with Crippen molar-refractivity contribution in [2.24, 2.45) is 0 Å². The first-order valence-electron chi connectivity index (χ1n) is 13.9. The fourth-order valence-electron chi connectivity index (χ4n) is 5.34. The Morgan fingerprint density at radius 1 is 0.795 bits per heavy atom. The van der Waals surface area contributed by atoms with Gasteiger partial charge < -0.3 is 9.13 Å². The topological polar surface area (TPSA) is 65.6 Å². The van der Waals surface area contributed by atoms with Gasteiger partial charge in [-0.05, 0) is 65.8 Å². The van der Waals surface area contributed by atoms with E-state index in [0.717, 1.165) is 52.9 Å². The Bertz CT molecular complexity index is 1840. The van der Waals surface area contributed by atoms with Crippen molar-refractivity contribution in [3.8, 4) is 11.1 Å². The molecule has 0 spiro atoms. The molecule has 2 aromatic heterocycles. The number of hydrogen-bond acceptors (Lipinski definition) is 5. The van der Waals surface area contributed by atoms with Gasteiger partial charge in [0.2, 0.25) is 0 Å². The van der Waals surface area contributed by atoms with Crippen molar-refractivity contribution in [3.63, 3.8) is 0 Å². The van der Waals surface area contributed by atoms with Gasteiger partial charge in [-0.1, -0.05) is 60.3 Å². The van der Waals surface area contributed by atoms with Crippen molar-refractivity contribution in [2.75, 3.05) is 0 Å². The predicted molar refractivity (Wildman–Crippen MR) is 161 cm³/mol. The zero-order chi connectivity index (χ0) is 30.8. The Hall–Kier alpha value is -3.96. The maximum atomic E-state index is 13.4. The van der Waals surface area contributed by atoms with Gasteiger partial charge in [0.15, 0.2) is 11.0 Å². The minimum Gasteiger partial charge on any atom is -0.316 e. The fraction of sp³-hybridized carbons (Fsp3) is 0.250. The second kappa shape index (κ2) is 12.6.